The van der Waals surface area contributed by atoms with Crippen LogP contribution in [0, 0.1) is 11.3 Å². The number of rotatable bonds is 6. The van der Waals surface area contributed by atoms with Crippen molar-refractivity contribution >= 4 is 40.7 Å². The maximum absolute atomic E-state index is 12.8. The summed E-state index contributed by atoms with van der Waals surface area (Å²) in [5.41, 5.74) is 3.59. The van der Waals surface area contributed by atoms with Crippen LogP contribution in [0.15, 0.2) is 59.8 Å². The molecule has 3 rings (SSSR count). The smallest absolute Gasteiger partial charge is 0.338 e. The number of amides is 2. The van der Waals surface area contributed by atoms with E-state index >= 15 is 0 Å². The van der Waals surface area contributed by atoms with Gasteiger partial charge in [-0.2, -0.15) is 5.26 Å². The molecule has 0 spiro atoms. The topological polar surface area (TPSA) is 106 Å². The molecule has 1 heterocycles. The van der Waals surface area contributed by atoms with Gasteiger partial charge in [-0.05, 0) is 75.0 Å². The second-order valence-corrected chi connectivity index (χ2v) is 7.63. The number of hydrogen-bond acceptors (Lipinski definition) is 5. The lowest BCUT2D eigenvalue weighted by Crippen LogP contribution is -2.47. The van der Waals surface area contributed by atoms with Crippen LogP contribution in [0.4, 0.5) is 16.2 Å². The number of nitrogens with one attached hydrogen (secondary N) is 3. The predicted octanol–water partition coefficient (Wildman–Crippen LogP) is 4.29. The number of allylic oxidation sites excluding steroid dienone is 1. The largest absolute Gasteiger partial charge is 0.463 e. The number of ether oxygens (including phenoxy) is 1. The molecule has 9 heteroatoms. The average molecular weight is 464 g/mol. The number of nitrogens with zero attached hydrogens (tertiary/aromatic N) is 2. The zero-order chi connectivity index (χ0) is 24.0. The van der Waals surface area contributed by atoms with Crippen molar-refractivity contribution in [1.82, 2.24) is 10.2 Å². The van der Waals surface area contributed by atoms with Gasteiger partial charge in [0.1, 0.15) is 0 Å². The minimum atomic E-state index is -0.511. The fourth-order valence-electron chi connectivity index (χ4n) is 3.60. The summed E-state index contributed by atoms with van der Waals surface area (Å²) in [5, 5.41) is 18.2. The summed E-state index contributed by atoms with van der Waals surface area (Å²) in [7, 11) is 0. The van der Waals surface area contributed by atoms with Crippen LogP contribution in [0.3, 0.4) is 0 Å². The normalized spacial score (nSPS) is 15.4. The molecule has 0 fully saturated rings. The van der Waals surface area contributed by atoms with Crippen LogP contribution in [0.1, 0.15) is 37.9 Å². The zero-order valence-corrected chi connectivity index (χ0v) is 19.5. The molecule has 2 amide bonds. The first kappa shape index (κ1) is 23.8. The number of hydrogen-bond donors (Lipinski definition) is 3. The molecule has 1 atom stereocenters. The molecule has 1 unspecified atom stereocenters. The van der Waals surface area contributed by atoms with Crippen molar-refractivity contribution in [2.45, 2.75) is 26.8 Å². The lowest BCUT2D eigenvalue weighted by molar-refractivity contribution is -0.139. The molecule has 1 aliphatic rings. The molecule has 2 aromatic rings. The second kappa shape index (κ2) is 10.6. The van der Waals surface area contributed by atoms with Crippen LogP contribution in [0.2, 0.25) is 0 Å². The van der Waals surface area contributed by atoms with Crippen LogP contribution in [0.5, 0.6) is 0 Å². The number of esters is 1. The van der Waals surface area contributed by atoms with E-state index in [1.54, 1.807) is 49.4 Å². The molecule has 2 aromatic carbocycles. The molecule has 33 heavy (non-hydrogen) atoms. The Morgan fingerprint density at radius 2 is 1.85 bits per heavy atom. The van der Waals surface area contributed by atoms with E-state index in [2.05, 4.69) is 16.0 Å². The highest BCUT2D eigenvalue weighted by Gasteiger charge is 2.34. The molecular weight excluding hydrogens is 438 g/mol. The van der Waals surface area contributed by atoms with Gasteiger partial charge in [0.2, 0.25) is 0 Å². The summed E-state index contributed by atoms with van der Waals surface area (Å²) in [6, 6.07) is 14.8. The SMILES string of the molecule is CCOC(=O)C1=C(C)N(CC)C(=S)NC1c1cccc(NC(=O)Nc2ccc(C#N)cc2)c1. The highest BCUT2D eigenvalue weighted by molar-refractivity contribution is 7.80. The Morgan fingerprint density at radius 1 is 1.15 bits per heavy atom. The summed E-state index contributed by atoms with van der Waals surface area (Å²) in [6.07, 6.45) is 0. The first-order valence-electron chi connectivity index (χ1n) is 10.5. The first-order valence-corrected chi connectivity index (χ1v) is 10.9. The summed E-state index contributed by atoms with van der Waals surface area (Å²) < 4.78 is 5.30. The van der Waals surface area contributed by atoms with Crippen molar-refractivity contribution in [2.75, 3.05) is 23.8 Å². The molecule has 0 bridgehead atoms. The Labute approximate surface area is 198 Å². The number of urea groups is 1. The molecule has 0 aromatic heterocycles. The van der Waals surface area contributed by atoms with E-state index in [4.69, 9.17) is 22.2 Å². The molecular formula is C24H25N5O3S. The zero-order valence-electron chi connectivity index (χ0n) is 18.6. The molecule has 170 valence electrons. The van der Waals surface area contributed by atoms with Gasteiger partial charge in [0.25, 0.3) is 0 Å². The van der Waals surface area contributed by atoms with Crippen LogP contribution < -0.4 is 16.0 Å². The summed E-state index contributed by atoms with van der Waals surface area (Å²) in [6.45, 7) is 6.44. The second-order valence-electron chi connectivity index (χ2n) is 7.24. The lowest BCUT2D eigenvalue weighted by Gasteiger charge is -2.37. The van der Waals surface area contributed by atoms with Crippen molar-refractivity contribution in [2.24, 2.45) is 0 Å². The van der Waals surface area contributed by atoms with Gasteiger partial charge in [-0.3, -0.25) is 0 Å². The highest BCUT2D eigenvalue weighted by atomic mass is 32.1. The number of benzene rings is 2. The van der Waals surface area contributed by atoms with E-state index in [0.29, 0.717) is 34.2 Å². The van der Waals surface area contributed by atoms with Crippen molar-refractivity contribution in [3.05, 3.63) is 70.9 Å². The van der Waals surface area contributed by atoms with Crippen molar-refractivity contribution < 1.29 is 14.3 Å². The molecule has 3 N–H and O–H groups in total. The standard InChI is InChI=1S/C24H25N5O3S/c1-4-29-15(3)20(22(30)32-5-2)21(28-24(29)33)17-7-6-8-19(13-17)27-23(31)26-18-11-9-16(14-25)10-12-18/h6-13,21H,4-5H2,1-3H3,(H,28,33)(H2,26,27,31). The molecule has 0 saturated heterocycles. The van der Waals surface area contributed by atoms with Gasteiger partial charge in [-0.1, -0.05) is 12.1 Å². The van der Waals surface area contributed by atoms with Gasteiger partial charge < -0.3 is 25.6 Å². The molecule has 0 saturated carbocycles. The van der Waals surface area contributed by atoms with Crippen molar-refractivity contribution in [1.29, 1.82) is 5.26 Å². The van der Waals surface area contributed by atoms with E-state index in [1.807, 2.05) is 30.9 Å². The summed E-state index contributed by atoms with van der Waals surface area (Å²) in [4.78, 5) is 27.1. The van der Waals surface area contributed by atoms with Crippen LogP contribution in [-0.2, 0) is 9.53 Å². The Balaban J connectivity index is 1.83. The van der Waals surface area contributed by atoms with Crippen LogP contribution in [-0.4, -0.2) is 35.2 Å². The first-order chi connectivity index (χ1) is 15.9. The quantitative estimate of drug-likeness (QED) is 0.433. The maximum Gasteiger partial charge on any atom is 0.338 e. The summed E-state index contributed by atoms with van der Waals surface area (Å²) >= 11 is 5.51. The Hall–Kier alpha value is -3.90. The number of carbonyl (C=O) groups excluding carboxylic acids is 2. The van der Waals surface area contributed by atoms with E-state index in [-0.39, 0.29) is 6.61 Å². The van der Waals surface area contributed by atoms with Gasteiger partial charge in [0, 0.05) is 23.6 Å². The van der Waals surface area contributed by atoms with E-state index in [0.717, 1.165) is 11.3 Å². The number of carbonyl (C=O) groups is 2. The van der Waals surface area contributed by atoms with Gasteiger partial charge in [0.05, 0.1) is 29.9 Å². The van der Waals surface area contributed by atoms with Gasteiger partial charge in [0.15, 0.2) is 5.11 Å². The molecule has 0 radical (unpaired) electrons. The van der Waals surface area contributed by atoms with E-state index in [9.17, 15) is 9.59 Å². The van der Waals surface area contributed by atoms with E-state index < -0.39 is 18.0 Å². The average Bonchev–Trinajstić information content (AvgIpc) is 2.79. The Kier molecular flexibility index (Phi) is 7.64. The third kappa shape index (κ3) is 5.48. The van der Waals surface area contributed by atoms with Crippen molar-refractivity contribution in [3.63, 3.8) is 0 Å². The fraction of sp³-hybridized carbons (Fsp3) is 0.250. The van der Waals surface area contributed by atoms with Gasteiger partial charge >= 0.3 is 12.0 Å². The lowest BCUT2D eigenvalue weighted by atomic mass is 9.94. The molecule has 1 aliphatic heterocycles. The number of thiocarbonyl (C=S) groups is 1. The number of anilines is 2. The molecule has 8 nitrogen and oxygen atoms in total. The highest BCUT2D eigenvalue weighted by Crippen LogP contribution is 2.32. The van der Waals surface area contributed by atoms with Crippen LogP contribution >= 0.6 is 12.2 Å². The third-order valence-electron chi connectivity index (χ3n) is 5.16. The Bertz CT molecular complexity index is 1140. The monoisotopic (exact) mass is 463 g/mol. The van der Waals surface area contributed by atoms with Gasteiger partial charge in [-0.25, -0.2) is 9.59 Å². The maximum atomic E-state index is 12.8. The fourth-order valence-corrected chi connectivity index (χ4v) is 3.99. The Morgan fingerprint density at radius 3 is 2.48 bits per heavy atom. The minimum Gasteiger partial charge on any atom is -0.463 e. The summed E-state index contributed by atoms with van der Waals surface area (Å²) in [5.74, 6) is -0.412. The molecule has 0 aliphatic carbocycles. The van der Waals surface area contributed by atoms with Gasteiger partial charge in [-0.15, -0.1) is 0 Å². The third-order valence-corrected chi connectivity index (χ3v) is 5.50. The van der Waals surface area contributed by atoms with E-state index in [1.165, 1.54) is 0 Å². The number of nitriles is 1. The minimum absolute atomic E-state index is 0.260. The van der Waals surface area contributed by atoms with Crippen LogP contribution in [0.25, 0.3) is 0 Å². The predicted molar refractivity (Wildman–Crippen MR) is 130 cm³/mol. The van der Waals surface area contributed by atoms with Crippen molar-refractivity contribution in [3.8, 4) is 6.07 Å².